The van der Waals surface area contributed by atoms with Gasteiger partial charge in [0, 0.05) is 12.4 Å². The number of hydrogen-bond acceptors (Lipinski definition) is 5. The number of aromatic amines is 1. The summed E-state index contributed by atoms with van der Waals surface area (Å²) in [6.45, 7) is 0.533. The predicted molar refractivity (Wildman–Crippen MR) is 76.7 cm³/mol. The van der Waals surface area contributed by atoms with Gasteiger partial charge in [0.15, 0.2) is 5.82 Å². The van der Waals surface area contributed by atoms with Crippen LogP contribution in [-0.4, -0.2) is 32.1 Å². The van der Waals surface area contributed by atoms with Gasteiger partial charge in [0.1, 0.15) is 18.1 Å². The zero-order valence-corrected chi connectivity index (χ0v) is 11.6. The second-order valence-corrected chi connectivity index (χ2v) is 4.60. The third-order valence-electron chi connectivity index (χ3n) is 3.15. The van der Waals surface area contributed by atoms with Crippen LogP contribution in [0.5, 0.6) is 5.75 Å². The predicted octanol–water partition coefficient (Wildman–Crippen LogP) is 1.11. The molecule has 3 rings (SSSR count). The fourth-order valence-electron chi connectivity index (χ4n) is 2.05. The van der Waals surface area contributed by atoms with E-state index in [4.69, 9.17) is 10.5 Å². The van der Waals surface area contributed by atoms with Crippen LogP contribution < -0.4 is 10.5 Å². The Morgan fingerprint density at radius 1 is 1.38 bits per heavy atom. The molecule has 0 radical (unpaired) electrons. The van der Waals surface area contributed by atoms with E-state index in [0.717, 1.165) is 11.3 Å². The third-order valence-corrected chi connectivity index (χ3v) is 3.15. The molecule has 0 saturated carbocycles. The SMILES string of the molecule is COc1cccc([C@H](N)c2n[nH]c(Cn3cccn3)n2)c1. The number of aromatic nitrogens is 5. The van der Waals surface area contributed by atoms with Gasteiger partial charge in [-0.1, -0.05) is 12.1 Å². The first-order valence-electron chi connectivity index (χ1n) is 6.54. The van der Waals surface area contributed by atoms with Gasteiger partial charge in [-0.15, -0.1) is 0 Å². The summed E-state index contributed by atoms with van der Waals surface area (Å²) in [6.07, 6.45) is 3.59. The normalized spacial score (nSPS) is 12.3. The van der Waals surface area contributed by atoms with Gasteiger partial charge < -0.3 is 10.5 Å². The molecule has 0 saturated heterocycles. The Hall–Kier alpha value is -2.67. The van der Waals surface area contributed by atoms with E-state index in [1.54, 1.807) is 18.0 Å². The van der Waals surface area contributed by atoms with Crippen molar-refractivity contribution in [3.63, 3.8) is 0 Å². The number of nitrogens with two attached hydrogens (primary N) is 1. The molecule has 0 fully saturated rings. The largest absolute Gasteiger partial charge is 0.497 e. The first-order valence-corrected chi connectivity index (χ1v) is 6.54. The average molecular weight is 284 g/mol. The number of nitrogens with zero attached hydrogens (tertiary/aromatic N) is 4. The molecular weight excluding hydrogens is 268 g/mol. The highest BCUT2D eigenvalue weighted by Crippen LogP contribution is 2.21. The molecule has 0 aliphatic heterocycles. The Morgan fingerprint density at radius 3 is 3.05 bits per heavy atom. The van der Waals surface area contributed by atoms with Gasteiger partial charge in [0.05, 0.1) is 13.2 Å². The van der Waals surface area contributed by atoms with Crippen molar-refractivity contribution in [3.05, 3.63) is 59.9 Å². The van der Waals surface area contributed by atoms with E-state index >= 15 is 0 Å². The Balaban J connectivity index is 1.78. The van der Waals surface area contributed by atoms with Crippen LogP contribution in [0.25, 0.3) is 0 Å². The van der Waals surface area contributed by atoms with Crippen LogP contribution in [0.15, 0.2) is 42.7 Å². The number of nitrogens with one attached hydrogen (secondary N) is 1. The van der Waals surface area contributed by atoms with Crippen molar-refractivity contribution < 1.29 is 4.74 Å². The zero-order valence-electron chi connectivity index (χ0n) is 11.6. The summed E-state index contributed by atoms with van der Waals surface area (Å²) < 4.78 is 6.97. The van der Waals surface area contributed by atoms with E-state index in [9.17, 15) is 0 Å². The molecule has 0 spiro atoms. The van der Waals surface area contributed by atoms with E-state index in [1.165, 1.54) is 0 Å². The summed E-state index contributed by atoms with van der Waals surface area (Å²) in [5.74, 6) is 2.02. The monoisotopic (exact) mass is 284 g/mol. The topological polar surface area (TPSA) is 94.6 Å². The molecule has 0 unspecified atom stereocenters. The smallest absolute Gasteiger partial charge is 0.171 e. The maximum absolute atomic E-state index is 6.20. The third kappa shape index (κ3) is 2.92. The molecule has 1 atom stereocenters. The maximum atomic E-state index is 6.20. The number of ether oxygens (including phenoxy) is 1. The number of benzene rings is 1. The highest BCUT2D eigenvalue weighted by Gasteiger charge is 2.15. The van der Waals surface area contributed by atoms with Gasteiger partial charge in [-0.05, 0) is 23.8 Å². The highest BCUT2D eigenvalue weighted by atomic mass is 16.5. The van der Waals surface area contributed by atoms with E-state index in [-0.39, 0.29) is 0 Å². The van der Waals surface area contributed by atoms with Gasteiger partial charge in [0.25, 0.3) is 0 Å². The van der Waals surface area contributed by atoms with E-state index in [2.05, 4.69) is 20.3 Å². The maximum Gasteiger partial charge on any atom is 0.171 e. The van der Waals surface area contributed by atoms with Crippen LogP contribution in [0.1, 0.15) is 23.3 Å². The summed E-state index contributed by atoms with van der Waals surface area (Å²) in [4.78, 5) is 4.42. The molecule has 0 aliphatic rings. The van der Waals surface area contributed by atoms with Crippen LogP contribution in [0.3, 0.4) is 0 Å². The van der Waals surface area contributed by atoms with Crippen molar-refractivity contribution in [1.82, 2.24) is 25.0 Å². The number of H-pyrrole nitrogens is 1. The van der Waals surface area contributed by atoms with Crippen molar-refractivity contribution >= 4 is 0 Å². The summed E-state index contributed by atoms with van der Waals surface area (Å²) in [5.41, 5.74) is 7.11. The van der Waals surface area contributed by atoms with Crippen molar-refractivity contribution in [1.29, 1.82) is 0 Å². The first kappa shape index (κ1) is 13.3. The van der Waals surface area contributed by atoms with Crippen LogP contribution >= 0.6 is 0 Å². The molecule has 7 nitrogen and oxygen atoms in total. The summed E-state index contributed by atoms with van der Waals surface area (Å²) in [7, 11) is 1.62. The van der Waals surface area contributed by atoms with Crippen molar-refractivity contribution in [3.8, 4) is 5.75 Å². The Labute approximate surface area is 121 Å². The molecule has 21 heavy (non-hydrogen) atoms. The van der Waals surface area contributed by atoms with Gasteiger partial charge in [-0.2, -0.15) is 10.2 Å². The summed E-state index contributed by atoms with van der Waals surface area (Å²) >= 11 is 0. The van der Waals surface area contributed by atoms with Crippen molar-refractivity contribution in [2.45, 2.75) is 12.6 Å². The lowest BCUT2D eigenvalue weighted by atomic mass is 10.1. The van der Waals surface area contributed by atoms with Gasteiger partial charge in [-0.3, -0.25) is 9.78 Å². The fraction of sp³-hybridized carbons (Fsp3) is 0.214. The minimum atomic E-state index is -0.400. The lowest BCUT2D eigenvalue weighted by Gasteiger charge is -2.09. The van der Waals surface area contributed by atoms with Crippen LogP contribution in [0.2, 0.25) is 0 Å². The van der Waals surface area contributed by atoms with Crippen LogP contribution in [0, 0.1) is 0 Å². The molecule has 108 valence electrons. The van der Waals surface area contributed by atoms with E-state index in [0.29, 0.717) is 18.2 Å². The minimum Gasteiger partial charge on any atom is -0.497 e. The molecular formula is C14H16N6O. The lowest BCUT2D eigenvalue weighted by molar-refractivity contribution is 0.414. The summed E-state index contributed by atoms with van der Waals surface area (Å²) in [6, 6.07) is 9.04. The standard InChI is InChI=1S/C14H16N6O/c1-21-11-5-2-4-10(8-11)13(15)14-17-12(18-19-14)9-20-7-3-6-16-20/h2-8,13H,9,15H2,1H3,(H,17,18,19)/t13-/m0/s1. The number of methoxy groups -OCH3 is 1. The summed E-state index contributed by atoms with van der Waals surface area (Å²) in [5, 5.41) is 11.2. The van der Waals surface area contributed by atoms with E-state index in [1.807, 2.05) is 36.5 Å². The van der Waals surface area contributed by atoms with Gasteiger partial charge in [-0.25, -0.2) is 4.98 Å². The second kappa shape index (κ2) is 5.76. The zero-order chi connectivity index (χ0) is 14.7. The molecule has 0 amide bonds. The number of rotatable bonds is 5. The van der Waals surface area contributed by atoms with Crippen LogP contribution in [0.4, 0.5) is 0 Å². The lowest BCUT2D eigenvalue weighted by Crippen LogP contribution is -2.14. The molecule has 7 heteroatoms. The minimum absolute atomic E-state index is 0.400. The molecule has 1 aromatic carbocycles. The van der Waals surface area contributed by atoms with Gasteiger partial charge >= 0.3 is 0 Å². The quantitative estimate of drug-likeness (QED) is 0.731. The molecule has 3 aromatic rings. The highest BCUT2D eigenvalue weighted by molar-refractivity contribution is 5.32. The first-order chi connectivity index (χ1) is 10.3. The van der Waals surface area contributed by atoms with Crippen molar-refractivity contribution in [2.24, 2.45) is 5.73 Å². The van der Waals surface area contributed by atoms with Crippen LogP contribution in [-0.2, 0) is 6.54 Å². The molecule has 2 heterocycles. The number of hydrogen-bond donors (Lipinski definition) is 2. The molecule has 3 N–H and O–H groups in total. The molecule has 0 aliphatic carbocycles. The Morgan fingerprint density at radius 2 is 2.29 bits per heavy atom. The fourth-order valence-corrected chi connectivity index (χ4v) is 2.05. The average Bonchev–Trinajstić information content (AvgIpc) is 3.19. The van der Waals surface area contributed by atoms with E-state index < -0.39 is 6.04 Å². The van der Waals surface area contributed by atoms with Crippen molar-refractivity contribution in [2.75, 3.05) is 7.11 Å². The Bertz CT molecular complexity index is 706. The molecule has 2 aromatic heterocycles. The molecule has 0 bridgehead atoms. The Kier molecular flexibility index (Phi) is 3.65. The second-order valence-electron chi connectivity index (χ2n) is 4.60. The van der Waals surface area contributed by atoms with Gasteiger partial charge in [0.2, 0.25) is 0 Å².